The predicted molar refractivity (Wildman–Crippen MR) is 113 cm³/mol. The highest BCUT2D eigenvalue weighted by molar-refractivity contribution is 14.0. The number of carbonyl (C=O) groups is 2. The molecule has 0 bridgehead atoms. The van der Waals surface area contributed by atoms with Crippen LogP contribution in [-0.4, -0.2) is 48.9 Å². The van der Waals surface area contributed by atoms with Crippen LogP contribution in [0.4, 0.5) is 0 Å². The minimum absolute atomic E-state index is 0. The first-order valence-corrected chi connectivity index (χ1v) is 9.43. The summed E-state index contributed by atoms with van der Waals surface area (Å²) in [5.41, 5.74) is 1.30. The Bertz CT molecular complexity index is 561. The van der Waals surface area contributed by atoms with Gasteiger partial charge in [0.25, 0.3) is 0 Å². The summed E-state index contributed by atoms with van der Waals surface area (Å²) in [5, 5.41) is 10.6. The van der Waals surface area contributed by atoms with Gasteiger partial charge in [0.15, 0.2) is 5.96 Å². The third-order valence-electron chi connectivity index (χ3n) is 3.99. The Morgan fingerprint density at radius 1 is 1.32 bits per heavy atom. The maximum atomic E-state index is 11.8. The zero-order valence-electron chi connectivity index (χ0n) is 14.8. The SMILES string of the molecule is CCNC(=NCC(C)c1ccsc1)NCCN1C(=O)CCCC1=O.I. The zero-order valence-corrected chi connectivity index (χ0v) is 17.9. The predicted octanol–water partition coefficient (Wildman–Crippen LogP) is 2.56. The highest BCUT2D eigenvalue weighted by atomic mass is 127. The molecule has 1 aromatic rings. The van der Waals surface area contributed by atoms with Crippen molar-refractivity contribution in [2.45, 2.75) is 39.0 Å². The molecule has 1 aromatic heterocycles. The number of likely N-dealkylation sites (tertiary alicyclic amines) is 1. The second-order valence-corrected chi connectivity index (χ2v) is 6.68. The molecule has 1 aliphatic rings. The fourth-order valence-electron chi connectivity index (χ4n) is 2.57. The van der Waals surface area contributed by atoms with Crippen LogP contribution in [0.2, 0.25) is 0 Å². The van der Waals surface area contributed by atoms with Crippen molar-refractivity contribution in [2.75, 3.05) is 26.2 Å². The van der Waals surface area contributed by atoms with Gasteiger partial charge in [-0.15, -0.1) is 24.0 Å². The van der Waals surface area contributed by atoms with Gasteiger partial charge >= 0.3 is 0 Å². The summed E-state index contributed by atoms with van der Waals surface area (Å²) in [6.45, 7) is 6.52. The molecule has 1 saturated heterocycles. The summed E-state index contributed by atoms with van der Waals surface area (Å²) in [7, 11) is 0. The van der Waals surface area contributed by atoms with E-state index in [1.54, 1.807) is 11.3 Å². The van der Waals surface area contributed by atoms with Crippen molar-refractivity contribution in [3.8, 4) is 0 Å². The Labute approximate surface area is 170 Å². The van der Waals surface area contributed by atoms with Crippen LogP contribution in [0.25, 0.3) is 0 Å². The summed E-state index contributed by atoms with van der Waals surface area (Å²) < 4.78 is 0. The van der Waals surface area contributed by atoms with Gasteiger partial charge in [0.2, 0.25) is 11.8 Å². The van der Waals surface area contributed by atoms with E-state index in [9.17, 15) is 9.59 Å². The maximum absolute atomic E-state index is 11.8. The number of aliphatic imine (C=N–C) groups is 1. The van der Waals surface area contributed by atoms with Crippen molar-refractivity contribution in [2.24, 2.45) is 4.99 Å². The normalized spacial score (nSPS) is 16.4. The number of halogens is 1. The zero-order chi connectivity index (χ0) is 17.4. The Kier molecular flexibility index (Phi) is 10.0. The minimum Gasteiger partial charge on any atom is -0.357 e. The molecule has 2 heterocycles. The maximum Gasteiger partial charge on any atom is 0.229 e. The summed E-state index contributed by atoms with van der Waals surface area (Å²) in [4.78, 5) is 29.5. The first-order valence-electron chi connectivity index (χ1n) is 8.49. The van der Waals surface area contributed by atoms with Crippen molar-refractivity contribution in [1.29, 1.82) is 0 Å². The van der Waals surface area contributed by atoms with E-state index in [-0.39, 0.29) is 35.8 Å². The van der Waals surface area contributed by atoms with E-state index >= 15 is 0 Å². The Morgan fingerprint density at radius 3 is 2.64 bits per heavy atom. The van der Waals surface area contributed by atoms with E-state index in [2.05, 4.69) is 39.4 Å². The summed E-state index contributed by atoms with van der Waals surface area (Å²) in [6.07, 6.45) is 1.61. The number of guanidine groups is 1. The first kappa shape index (κ1) is 21.9. The monoisotopic (exact) mass is 478 g/mol. The minimum atomic E-state index is -0.0685. The van der Waals surface area contributed by atoms with E-state index < -0.39 is 0 Å². The van der Waals surface area contributed by atoms with Gasteiger partial charge in [-0.1, -0.05) is 6.92 Å². The lowest BCUT2D eigenvalue weighted by atomic mass is 10.1. The first-order chi connectivity index (χ1) is 11.6. The van der Waals surface area contributed by atoms with Crippen LogP contribution >= 0.6 is 35.3 Å². The van der Waals surface area contributed by atoms with Crippen molar-refractivity contribution < 1.29 is 9.59 Å². The average Bonchev–Trinajstić information content (AvgIpc) is 3.09. The molecule has 0 spiro atoms. The Hall–Kier alpha value is -1.16. The molecule has 2 rings (SSSR count). The topological polar surface area (TPSA) is 73.8 Å². The molecule has 140 valence electrons. The highest BCUT2D eigenvalue weighted by Gasteiger charge is 2.25. The number of hydrogen-bond acceptors (Lipinski definition) is 4. The van der Waals surface area contributed by atoms with Crippen LogP contribution in [0.15, 0.2) is 21.8 Å². The van der Waals surface area contributed by atoms with Crippen LogP contribution < -0.4 is 10.6 Å². The number of amides is 2. The van der Waals surface area contributed by atoms with Gasteiger partial charge in [-0.3, -0.25) is 19.5 Å². The molecule has 1 atom stereocenters. The molecule has 2 N–H and O–H groups in total. The van der Waals surface area contributed by atoms with E-state index in [1.807, 2.05) is 6.92 Å². The highest BCUT2D eigenvalue weighted by Crippen LogP contribution is 2.18. The standard InChI is InChI=1S/C17H26N4O2S.HI/c1-3-18-17(20-11-13(2)14-7-10-24-12-14)19-8-9-21-15(22)5-4-6-16(21)23;/h7,10,12-13H,3-6,8-9,11H2,1-2H3,(H2,18,19,20);1H. The van der Waals surface area contributed by atoms with Crippen molar-refractivity contribution in [3.63, 3.8) is 0 Å². The van der Waals surface area contributed by atoms with Gasteiger partial charge in [-0.2, -0.15) is 11.3 Å². The lowest BCUT2D eigenvalue weighted by Crippen LogP contribution is -2.46. The number of imide groups is 1. The fraction of sp³-hybridized carbons (Fsp3) is 0.588. The number of carbonyl (C=O) groups excluding carboxylic acids is 2. The fourth-order valence-corrected chi connectivity index (χ4v) is 3.35. The number of hydrogen-bond donors (Lipinski definition) is 2. The molecule has 1 unspecified atom stereocenters. The number of thiophene rings is 1. The average molecular weight is 478 g/mol. The van der Waals surface area contributed by atoms with Crippen molar-refractivity contribution in [3.05, 3.63) is 22.4 Å². The summed E-state index contributed by atoms with van der Waals surface area (Å²) in [5.74, 6) is 0.940. The van der Waals surface area contributed by atoms with Gasteiger partial charge in [-0.05, 0) is 35.7 Å². The molecule has 8 heteroatoms. The van der Waals surface area contributed by atoms with E-state index in [0.29, 0.717) is 44.8 Å². The molecular weight excluding hydrogens is 451 g/mol. The van der Waals surface area contributed by atoms with Gasteiger partial charge < -0.3 is 10.6 Å². The van der Waals surface area contributed by atoms with Gasteiger partial charge in [0, 0.05) is 44.9 Å². The van der Waals surface area contributed by atoms with Crippen LogP contribution in [-0.2, 0) is 9.59 Å². The third-order valence-corrected chi connectivity index (χ3v) is 4.69. The quantitative estimate of drug-likeness (QED) is 0.274. The molecule has 0 aromatic carbocycles. The molecule has 1 fully saturated rings. The molecule has 0 saturated carbocycles. The smallest absolute Gasteiger partial charge is 0.229 e. The lowest BCUT2D eigenvalue weighted by Gasteiger charge is -2.25. The van der Waals surface area contributed by atoms with E-state index in [0.717, 1.165) is 12.5 Å². The molecule has 0 radical (unpaired) electrons. The lowest BCUT2D eigenvalue weighted by molar-refractivity contribution is -0.147. The van der Waals surface area contributed by atoms with Gasteiger partial charge in [-0.25, -0.2) is 0 Å². The molecule has 1 aliphatic heterocycles. The van der Waals surface area contributed by atoms with Crippen molar-refractivity contribution >= 4 is 53.1 Å². The summed E-state index contributed by atoms with van der Waals surface area (Å²) in [6, 6.07) is 2.12. The largest absolute Gasteiger partial charge is 0.357 e. The Morgan fingerprint density at radius 2 is 2.04 bits per heavy atom. The van der Waals surface area contributed by atoms with E-state index in [1.165, 1.54) is 10.5 Å². The number of rotatable bonds is 7. The van der Waals surface area contributed by atoms with Crippen LogP contribution in [0.5, 0.6) is 0 Å². The van der Waals surface area contributed by atoms with Crippen LogP contribution in [0.3, 0.4) is 0 Å². The second kappa shape index (κ2) is 11.5. The second-order valence-electron chi connectivity index (χ2n) is 5.90. The van der Waals surface area contributed by atoms with Gasteiger partial charge in [0.05, 0.1) is 0 Å². The molecule has 2 amide bonds. The third kappa shape index (κ3) is 6.93. The molecular formula is C17H27IN4O2S. The van der Waals surface area contributed by atoms with Crippen LogP contribution in [0, 0.1) is 0 Å². The van der Waals surface area contributed by atoms with E-state index in [4.69, 9.17) is 0 Å². The Balaban J connectivity index is 0.00000312. The van der Waals surface area contributed by atoms with Gasteiger partial charge in [0.1, 0.15) is 0 Å². The number of piperidine rings is 1. The molecule has 0 aliphatic carbocycles. The van der Waals surface area contributed by atoms with Crippen LogP contribution in [0.1, 0.15) is 44.6 Å². The molecule has 6 nitrogen and oxygen atoms in total. The summed E-state index contributed by atoms with van der Waals surface area (Å²) >= 11 is 1.69. The number of nitrogens with zero attached hydrogens (tertiary/aromatic N) is 2. The van der Waals surface area contributed by atoms with Crippen molar-refractivity contribution in [1.82, 2.24) is 15.5 Å². The molecule has 25 heavy (non-hydrogen) atoms. The number of nitrogens with one attached hydrogen (secondary N) is 2.